The highest BCUT2D eigenvalue weighted by molar-refractivity contribution is 5.88. The van der Waals surface area contributed by atoms with Crippen LogP contribution >= 0.6 is 0 Å². The Kier molecular flexibility index (Phi) is 8.68. The fourth-order valence-electron chi connectivity index (χ4n) is 4.84. The van der Waals surface area contributed by atoms with E-state index in [4.69, 9.17) is 23.4 Å². The van der Waals surface area contributed by atoms with Gasteiger partial charge in [0.05, 0.1) is 24.8 Å². The summed E-state index contributed by atoms with van der Waals surface area (Å²) >= 11 is 0. The van der Waals surface area contributed by atoms with E-state index in [1.54, 1.807) is 0 Å². The van der Waals surface area contributed by atoms with E-state index in [1.807, 2.05) is 0 Å². The molecule has 2 saturated heterocycles. The van der Waals surface area contributed by atoms with Crippen LogP contribution in [0.2, 0.25) is 0 Å². The standard InChI is InChI=1S/C27H30O15/c28-8-17-19(33)21(35)23(37)26(40-17)42-25-22(36)20(34)18(9-29)41-27(25)39-16-7-13-14(32)5-12(31)6-15(13)38-24(16)10-1-3-11(30)4-2-10/h1-7,17-23,25-29,33-37H,8-9H2,(H2-,30,31,32)/p+1/t17-,18-,19-,20-,21+,22+,23-,25-,26+,27-/m1/s1. The highest BCUT2D eigenvalue weighted by Gasteiger charge is 2.51. The first-order valence-electron chi connectivity index (χ1n) is 12.9. The molecule has 0 amide bonds. The number of phenolic OH excluding ortho intramolecular Hbond substituents is 3. The van der Waals surface area contributed by atoms with E-state index in [9.17, 15) is 51.1 Å². The fraction of sp³-hybridized carbons (Fsp3) is 0.444. The van der Waals surface area contributed by atoms with Crippen molar-refractivity contribution < 1.29 is 74.4 Å². The van der Waals surface area contributed by atoms with Gasteiger partial charge in [0, 0.05) is 12.1 Å². The molecule has 0 radical (unpaired) electrons. The number of phenols is 3. The maximum atomic E-state index is 10.9. The average Bonchev–Trinajstić information content (AvgIpc) is 2.97. The second kappa shape index (κ2) is 12.1. The molecule has 2 aliphatic heterocycles. The number of aliphatic hydroxyl groups excluding tert-OH is 7. The Morgan fingerprint density at radius 1 is 0.690 bits per heavy atom. The molecule has 10 N–H and O–H groups in total. The molecule has 228 valence electrons. The minimum atomic E-state index is -1.86. The Bertz CT molecular complexity index is 1380. The quantitative estimate of drug-likeness (QED) is 0.140. The molecule has 3 heterocycles. The minimum absolute atomic E-state index is 0.00357. The minimum Gasteiger partial charge on any atom is -0.508 e. The molecule has 2 aliphatic rings. The van der Waals surface area contributed by atoms with Crippen molar-refractivity contribution in [1.82, 2.24) is 0 Å². The van der Waals surface area contributed by atoms with Crippen molar-refractivity contribution in [2.45, 2.75) is 61.4 Å². The number of aliphatic hydroxyl groups is 7. The van der Waals surface area contributed by atoms with Crippen LogP contribution in [0.15, 0.2) is 46.9 Å². The van der Waals surface area contributed by atoms with E-state index in [0.29, 0.717) is 5.56 Å². The molecule has 2 aromatic carbocycles. The molecule has 10 atom stereocenters. The number of benzene rings is 2. The number of fused-ring (bicyclic) bond motifs is 1. The number of rotatable bonds is 7. The van der Waals surface area contributed by atoms with Crippen LogP contribution in [0.4, 0.5) is 0 Å². The van der Waals surface area contributed by atoms with Crippen LogP contribution in [-0.2, 0) is 14.2 Å². The number of hydrogen-bond acceptors (Lipinski definition) is 14. The Balaban J connectivity index is 1.55. The zero-order chi connectivity index (χ0) is 30.3. The van der Waals surface area contributed by atoms with Crippen molar-refractivity contribution in [2.24, 2.45) is 0 Å². The molecular weight excluding hydrogens is 564 g/mol. The van der Waals surface area contributed by atoms with Gasteiger partial charge in [-0.15, -0.1) is 0 Å². The van der Waals surface area contributed by atoms with Gasteiger partial charge in [-0.05, 0) is 24.3 Å². The van der Waals surface area contributed by atoms with Crippen molar-refractivity contribution in [3.63, 3.8) is 0 Å². The van der Waals surface area contributed by atoms with Crippen LogP contribution in [0.3, 0.4) is 0 Å². The third-order valence-corrected chi connectivity index (χ3v) is 7.15. The summed E-state index contributed by atoms with van der Waals surface area (Å²) in [5, 5.41) is 102. The average molecular weight is 596 g/mol. The van der Waals surface area contributed by atoms with Crippen molar-refractivity contribution in [2.75, 3.05) is 13.2 Å². The summed E-state index contributed by atoms with van der Waals surface area (Å²) in [5.41, 5.74) is 0.402. The molecule has 0 spiro atoms. The lowest BCUT2D eigenvalue weighted by molar-refractivity contribution is -0.357. The summed E-state index contributed by atoms with van der Waals surface area (Å²) in [6.45, 7) is -1.50. The molecule has 3 aromatic rings. The second-order valence-electron chi connectivity index (χ2n) is 9.99. The first-order chi connectivity index (χ1) is 20.0. The summed E-state index contributed by atoms with van der Waals surface area (Å²) in [5.74, 6) is -0.840. The molecule has 15 heteroatoms. The molecule has 42 heavy (non-hydrogen) atoms. The van der Waals surface area contributed by atoms with Crippen LogP contribution < -0.4 is 4.74 Å². The third-order valence-electron chi connectivity index (χ3n) is 7.15. The van der Waals surface area contributed by atoms with Gasteiger partial charge in [0.25, 0.3) is 0 Å². The van der Waals surface area contributed by atoms with Gasteiger partial charge in [-0.25, -0.2) is 4.42 Å². The van der Waals surface area contributed by atoms with E-state index in [1.165, 1.54) is 36.4 Å². The van der Waals surface area contributed by atoms with Crippen LogP contribution in [0.1, 0.15) is 0 Å². The van der Waals surface area contributed by atoms with Crippen LogP contribution in [0, 0.1) is 0 Å². The normalized spacial score (nSPS) is 33.5. The molecule has 0 saturated carbocycles. The molecule has 5 rings (SSSR count). The van der Waals surface area contributed by atoms with Crippen molar-refractivity contribution in [3.8, 4) is 34.3 Å². The number of hydrogen-bond donors (Lipinski definition) is 10. The third kappa shape index (κ3) is 5.67. The Hall–Kier alpha value is -3.35. The molecule has 2 fully saturated rings. The molecule has 1 aromatic heterocycles. The van der Waals surface area contributed by atoms with Gasteiger partial charge in [-0.2, -0.15) is 0 Å². The van der Waals surface area contributed by atoms with E-state index < -0.39 is 74.6 Å². The van der Waals surface area contributed by atoms with Gasteiger partial charge in [-0.3, -0.25) is 0 Å². The molecule has 15 nitrogen and oxygen atoms in total. The maximum Gasteiger partial charge on any atom is 0.402 e. The van der Waals surface area contributed by atoms with Crippen LogP contribution in [0.5, 0.6) is 23.0 Å². The number of ether oxygens (including phenoxy) is 4. The van der Waals surface area contributed by atoms with Crippen molar-refractivity contribution in [1.29, 1.82) is 0 Å². The van der Waals surface area contributed by atoms with Crippen molar-refractivity contribution >= 4 is 11.0 Å². The van der Waals surface area contributed by atoms with E-state index in [2.05, 4.69) is 0 Å². The Morgan fingerprint density at radius 3 is 1.95 bits per heavy atom. The van der Waals surface area contributed by atoms with Gasteiger partial charge in [0.2, 0.25) is 12.0 Å². The monoisotopic (exact) mass is 595 g/mol. The summed E-state index contributed by atoms with van der Waals surface area (Å²) in [7, 11) is 0. The van der Waals surface area contributed by atoms with E-state index in [-0.39, 0.29) is 39.7 Å². The molecular formula is C27H31O15+. The number of aromatic hydroxyl groups is 3. The lowest BCUT2D eigenvalue weighted by Crippen LogP contribution is -2.65. The largest absolute Gasteiger partial charge is 0.508 e. The summed E-state index contributed by atoms with van der Waals surface area (Å²) in [6.07, 6.45) is -16.7. The van der Waals surface area contributed by atoms with Crippen LogP contribution in [0.25, 0.3) is 22.3 Å². The Labute approximate surface area is 237 Å². The molecule has 0 unspecified atom stereocenters. The first-order valence-corrected chi connectivity index (χ1v) is 12.9. The highest BCUT2D eigenvalue weighted by atomic mass is 16.8. The summed E-state index contributed by atoms with van der Waals surface area (Å²) in [6, 6.07) is 9.32. The highest BCUT2D eigenvalue weighted by Crippen LogP contribution is 2.41. The van der Waals surface area contributed by atoms with Crippen molar-refractivity contribution in [3.05, 3.63) is 42.5 Å². The SMILES string of the molecule is OC[C@H]1O[C@@H](O[C@H]2[C@H](Oc3cc4c(O)cc(O)cc4[o+]c3-c3ccc(O)cc3)O[C@H](CO)[C@@H](O)[C@@H]2O)[C@H](O)[C@@H](O)[C@@H]1O. The first kappa shape index (κ1) is 30.1. The predicted octanol–water partition coefficient (Wildman–Crippen LogP) is -1.50. The molecule has 0 aliphatic carbocycles. The molecule has 0 bridgehead atoms. The summed E-state index contributed by atoms with van der Waals surface area (Å²) in [4.78, 5) is 0. The zero-order valence-electron chi connectivity index (χ0n) is 21.7. The predicted molar refractivity (Wildman–Crippen MR) is 138 cm³/mol. The van der Waals surface area contributed by atoms with Gasteiger partial charge in [0.15, 0.2) is 12.4 Å². The second-order valence-corrected chi connectivity index (χ2v) is 9.99. The van der Waals surface area contributed by atoms with E-state index in [0.717, 1.165) is 6.07 Å². The van der Waals surface area contributed by atoms with Gasteiger partial charge in [0.1, 0.15) is 65.4 Å². The Morgan fingerprint density at radius 2 is 1.31 bits per heavy atom. The van der Waals surface area contributed by atoms with Gasteiger partial charge >= 0.3 is 11.3 Å². The smallest absolute Gasteiger partial charge is 0.402 e. The van der Waals surface area contributed by atoms with Gasteiger partial charge in [-0.1, -0.05) is 0 Å². The lowest BCUT2D eigenvalue weighted by Gasteiger charge is -2.45. The topological polar surface area (TPSA) is 251 Å². The van der Waals surface area contributed by atoms with E-state index >= 15 is 0 Å². The maximum absolute atomic E-state index is 10.9. The van der Waals surface area contributed by atoms with Gasteiger partial charge < -0.3 is 70.0 Å². The zero-order valence-corrected chi connectivity index (χ0v) is 21.7. The fourth-order valence-corrected chi connectivity index (χ4v) is 4.84. The van der Waals surface area contributed by atoms with Crippen LogP contribution in [-0.4, -0.2) is 126 Å². The lowest BCUT2D eigenvalue weighted by atomic mass is 9.97. The summed E-state index contributed by atoms with van der Waals surface area (Å²) < 4.78 is 28.8.